The predicted molar refractivity (Wildman–Crippen MR) is 111 cm³/mol. The molecule has 1 unspecified atom stereocenters. The summed E-state index contributed by atoms with van der Waals surface area (Å²) in [5, 5.41) is 20.3. The minimum atomic E-state index is -1.87. The Morgan fingerprint density at radius 2 is 1.73 bits per heavy atom. The molecule has 0 aliphatic carbocycles. The molecule has 0 aliphatic heterocycles. The van der Waals surface area contributed by atoms with Gasteiger partial charge in [0.15, 0.2) is 11.5 Å². The van der Waals surface area contributed by atoms with Gasteiger partial charge in [0.25, 0.3) is 0 Å². The fourth-order valence-electron chi connectivity index (χ4n) is 2.79. The van der Waals surface area contributed by atoms with Crippen molar-refractivity contribution < 1.29 is 23.8 Å². The van der Waals surface area contributed by atoms with Gasteiger partial charge in [-0.2, -0.15) is 10.5 Å². The topological polar surface area (TPSA) is 109 Å². The molecule has 0 saturated heterocycles. The Labute approximate surface area is 180 Å². The quantitative estimate of drug-likeness (QED) is 0.318. The molecule has 1 atom stereocenters. The number of esters is 2. The van der Waals surface area contributed by atoms with Gasteiger partial charge in [-0.25, -0.2) is 9.59 Å². The maximum Gasteiger partial charge on any atom is 0.339 e. The normalized spacial score (nSPS) is 12.4. The Balaban J connectivity index is 4.12. The lowest BCUT2D eigenvalue weighted by atomic mass is 9.73. The van der Waals surface area contributed by atoms with Gasteiger partial charge in [-0.1, -0.05) is 35.9 Å². The molecule has 0 saturated carbocycles. The number of rotatable bonds is 10. The molecular formula is C22H21ClN2O5. The van der Waals surface area contributed by atoms with Crippen LogP contribution in [0.5, 0.6) is 0 Å². The smallest absolute Gasteiger partial charge is 0.339 e. The van der Waals surface area contributed by atoms with Gasteiger partial charge in [0.2, 0.25) is 0 Å². The van der Waals surface area contributed by atoms with Crippen molar-refractivity contribution in [2.24, 2.45) is 5.41 Å². The average Bonchev–Trinajstić information content (AvgIpc) is 2.77. The Kier molecular flexibility index (Phi) is 9.51. The molecule has 0 aromatic heterocycles. The summed E-state index contributed by atoms with van der Waals surface area (Å²) in [6, 6.07) is 9.99. The summed E-state index contributed by atoms with van der Waals surface area (Å²) in [5.41, 5.74) is -1.96. The molecule has 0 heterocycles. The largest absolute Gasteiger partial charge is 0.467 e. The number of nitriles is 2. The summed E-state index contributed by atoms with van der Waals surface area (Å²) in [6.45, 7) is 7.02. The van der Waals surface area contributed by atoms with E-state index in [0.717, 1.165) is 14.2 Å². The van der Waals surface area contributed by atoms with E-state index in [0.29, 0.717) is 10.6 Å². The van der Waals surface area contributed by atoms with Crippen LogP contribution < -0.4 is 0 Å². The van der Waals surface area contributed by atoms with Gasteiger partial charge < -0.3 is 14.2 Å². The van der Waals surface area contributed by atoms with Crippen molar-refractivity contribution in [2.75, 3.05) is 20.8 Å². The number of hydrogen-bond donors (Lipinski definition) is 0. The number of allylic oxidation sites excluding steroid dienone is 2. The zero-order valence-electron chi connectivity index (χ0n) is 16.7. The van der Waals surface area contributed by atoms with Gasteiger partial charge in [0.1, 0.15) is 0 Å². The molecule has 1 aromatic rings. The highest BCUT2D eigenvalue weighted by atomic mass is 35.5. The van der Waals surface area contributed by atoms with Gasteiger partial charge in [0, 0.05) is 17.0 Å². The third-order valence-corrected chi connectivity index (χ3v) is 4.38. The number of halogens is 1. The highest BCUT2D eigenvalue weighted by molar-refractivity contribution is 6.30. The maximum absolute atomic E-state index is 12.8. The van der Waals surface area contributed by atoms with Gasteiger partial charge in [-0.3, -0.25) is 0 Å². The summed E-state index contributed by atoms with van der Waals surface area (Å²) >= 11 is 5.97. The van der Waals surface area contributed by atoms with E-state index in [2.05, 4.69) is 13.2 Å². The van der Waals surface area contributed by atoms with Gasteiger partial charge in [-0.15, -0.1) is 13.2 Å². The summed E-state index contributed by atoms with van der Waals surface area (Å²) in [4.78, 5) is 25.3. The molecule has 0 radical (unpaired) electrons. The monoisotopic (exact) mass is 428 g/mol. The fraction of sp³-hybridized carbons (Fsp3) is 0.273. The lowest BCUT2D eigenvalue weighted by Gasteiger charge is -2.27. The van der Waals surface area contributed by atoms with E-state index < -0.39 is 23.5 Å². The molecular weight excluding hydrogens is 408 g/mol. The molecule has 156 valence electrons. The molecule has 0 bridgehead atoms. The lowest BCUT2D eigenvalue weighted by molar-refractivity contribution is -0.154. The van der Waals surface area contributed by atoms with Crippen LogP contribution in [0.4, 0.5) is 0 Å². The minimum absolute atomic E-state index is 0.0598. The predicted octanol–water partition coefficient (Wildman–Crippen LogP) is 3.62. The SMILES string of the molecule is C=CCOC(C(=O)OC)/C(C(=O)OC)=C(/c1ccc(Cl)cc1)C(C#N)(C#N)CC=C. The first-order chi connectivity index (χ1) is 14.3. The second-order valence-electron chi connectivity index (χ2n) is 5.93. The van der Waals surface area contributed by atoms with Crippen LogP contribution >= 0.6 is 11.6 Å². The van der Waals surface area contributed by atoms with E-state index in [9.17, 15) is 20.1 Å². The summed E-state index contributed by atoms with van der Waals surface area (Å²) in [6.07, 6.45) is 1.04. The van der Waals surface area contributed by atoms with Crippen LogP contribution in [0.3, 0.4) is 0 Å². The number of hydrogen-bond acceptors (Lipinski definition) is 7. The van der Waals surface area contributed by atoms with Crippen LogP contribution in [-0.2, 0) is 23.8 Å². The Morgan fingerprint density at radius 3 is 2.17 bits per heavy atom. The molecule has 8 heteroatoms. The van der Waals surface area contributed by atoms with Gasteiger partial charge in [-0.05, 0) is 17.7 Å². The number of nitrogens with zero attached hydrogens (tertiary/aromatic N) is 2. The van der Waals surface area contributed by atoms with Crippen molar-refractivity contribution in [3.63, 3.8) is 0 Å². The maximum atomic E-state index is 12.8. The Hall–Kier alpha value is -3.39. The van der Waals surface area contributed by atoms with Crippen LogP contribution in [0.2, 0.25) is 5.02 Å². The standard InChI is InChI=1S/C22H21ClN2O5/c1-5-11-22(13-24,14-25)18(15-7-9-16(23)10-8-15)17(20(26)28-3)19(21(27)29-4)30-12-6-2/h5-10,19H,1-2,11-12H2,3-4H3/b18-17+. The average molecular weight is 429 g/mol. The van der Waals surface area contributed by atoms with Gasteiger partial charge >= 0.3 is 11.9 Å². The van der Waals surface area contributed by atoms with Gasteiger partial charge in [0.05, 0.1) is 38.5 Å². The third-order valence-electron chi connectivity index (χ3n) is 4.12. The molecule has 1 aromatic carbocycles. The Morgan fingerprint density at radius 1 is 1.13 bits per heavy atom. The lowest BCUT2D eigenvalue weighted by Crippen LogP contribution is -2.35. The molecule has 30 heavy (non-hydrogen) atoms. The molecule has 0 amide bonds. The number of methoxy groups -OCH3 is 2. The number of carbonyl (C=O) groups is 2. The van der Waals surface area contributed by atoms with E-state index in [4.69, 9.17) is 25.8 Å². The summed E-state index contributed by atoms with van der Waals surface area (Å²) in [7, 11) is 2.23. The third kappa shape index (κ3) is 5.36. The number of carbonyl (C=O) groups excluding carboxylic acids is 2. The van der Waals surface area contributed by atoms with Crippen molar-refractivity contribution in [3.8, 4) is 12.1 Å². The van der Waals surface area contributed by atoms with Crippen LogP contribution in [0.1, 0.15) is 12.0 Å². The Bertz CT molecular complexity index is 908. The number of benzene rings is 1. The van der Waals surface area contributed by atoms with Crippen molar-refractivity contribution in [1.29, 1.82) is 10.5 Å². The molecule has 0 fully saturated rings. The minimum Gasteiger partial charge on any atom is -0.467 e. The van der Waals surface area contributed by atoms with Crippen LogP contribution in [-0.4, -0.2) is 38.9 Å². The zero-order valence-corrected chi connectivity index (χ0v) is 17.4. The summed E-state index contributed by atoms with van der Waals surface area (Å²) < 4.78 is 15.2. The first-order valence-corrected chi connectivity index (χ1v) is 9.06. The van der Waals surface area contributed by atoms with E-state index in [1.807, 2.05) is 12.1 Å². The highest BCUT2D eigenvalue weighted by Gasteiger charge is 2.43. The number of ether oxygens (including phenoxy) is 3. The van der Waals surface area contributed by atoms with Crippen molar-refractivity contribution >= 4 is 29.1 Å². The zero-order chi connectivity index (χ0) is 22.7. The van der Waals surface area contributed by atoms with E-state index in [1.54, 1.807) is 0 Å². The van der Waals surface area contributed by atoms with Crippen LogP contribution in [0.25, 0.3) is 5.57 Å². The second-order valence-corrected chi connectivity index (χ2v) is 6.37. The molecule has 0 N–H and O–H groups in total. The first kappa shape index (κ1) is 24.6. The molecule has 7 nitrogen and oxygen atoms in total. The van der Waals surface area contributed by atoms with Crippen LogP contribution in [0.15, 0.2) is 55.1 Å². The molecule has 1 rings (SSSR count). The van der Waals surface area contributed by atoms with E-state index in [-0.39, 0.29) is 24.2 Å². The van der Waals surface area contributed by atoms with E-state index >= 15 is 0 Å². The molecule has 0 spiro atoms. The highest BCUT2D eigenvalue weighted by Crippen LogP contribution is 2.42. The van der Waals surface area contributed by atoms with Crippen molar-refractivity contribution in [3.05, 3.63) is 65.7 Å². The summed E-state index contributed by atoms with van der Waals surface area (Å²) in [5.74, 6) is -1.87. The van der Waals surface area contributed by atoms with E-state index in [1.165, 1.54) is 36.4 Å². The van der Waals surface area contributed by atoms with Crippen molar-refractivity contribution in [2.45, 2.75) is 12.5 Å². The van der Waals surface area contributed by atoms with Crippen molar-refractivity contribution in [1.82, 2.24) is 0 Å². The second kappa shape index (κ2) is 11.6. The molecule has 0 aliphatic rings. The first-order valence-electron chi connectivity index (χ1n) is 8.68. The van der Waals surface area contributed by atoms with Crippen LogP contribution in [0, 0.1) is 28.1 Å². The fourth-order valence-corrected chi connectivity index (χ4v) is 2.91.